The average Bonchev–Trinajstić information content (AvgIpc) is 3.19. The normalized spacial score (nSPS) is 15.2. The second-order valence-corrected chi connectivity index (χ2v) is 8.77. The van der Waals surface area contributed by atoms with Gasteiger partial charge in [-0.1, -0.05) is 11.3 Å². The predicted octanol–water partition coefficient (Wildman–Crippen LogP) is 3.65. The summed E-state index contributed by atoms with van der Waals surface area (Å²) in [5, 5.41) is 13.5. The summed E-state index contributed by atoms with van der Waals surface area (Å²) >= 11 is 1.49. The van der Waals surface area contributed by atoms with Crippen LogP contribution in [0.5, 0.6) is 0 Å². The molecule has 0 aromatic carbocycles. The van der Waals surface area contributed by atoms with Gasteiger partial charge in [-0.3, -0.25) is 15.2 Å². The fourth-order valence-electron chi connectivity index (χ4n) is 3.69. The first-order chi connectivity index (χ1) is 14.9. The van der Waals surface area contributed by atoms with Crippen molar-refractivity contribution >= 4 is 34.1 Å². The van der Waals surface area contributed by atoms with Crippen molar-refractivity contribution in [2.24, 2.45) is 0 Å². The van der Waals surface area contributed by atoms with Gasteiger partial charge in [0.05, 0.1) is 18.3 Å². The number of hydrogen-bond donors (Lipinski definition) is 1. The molecule has 3 aromatic rings. The van der Waals surface area contributed by atoms with Crippen molar-refractivity contribution in [2.45, 2.75) is 32.2 Å². The number of carbonyl (C=O) groups is 1. The highest BCUT2D eigenvalue weighted by Gasteiger charge is 2.26. The number of nitrogens with zero attached hydrogens (tertiary/aromatic N) is 6. The molecular formula is C20H23F2N7OS. The SMILES string of the molecule is Cc1nnc(-c2cnc3cnc(NC(=O)N4CCC(N(C)CC(F)F)CC4)cc3c2)s1. The van der Waals surface area contributed by atoms with E-state index < -0.39 is 6.43 Å². The number of aryl methyl sites for hydroxylation is 1. The Morgan fingerprint density at radius 3 is 2.71 bits per heavy atom. The van der Waals surface area contributed by atoms with Crippen LogP contribution in [0.1, 0.15) is 17.8 Å². The number of anilines is 1. The average molecular weight is 448 g/mol. The van der Waals surface area contributed by atoms with Crippen LogP contribution in [0.25, 0.3) is 21.5 Å². The number of alkyl halides is 2. The van der Waals surface area contributed by atoms with Crippen LogP contribution in [0.4, 0.5) is 19.4 Å². The number of amides is 2. The Hall–Kier alpha value is -2.79. The lowest BCUT2D eigenvalue weighted by molar-refractivity contribution is 0.0628. The lowest BCUT2D eigenvalue weighted by Crippen LogP contribution is -2.47. The molecule has 0 radical (unpaired) electrons. The summed E-state index contributed by atoms with van der Waals surface area (Å²) < 4.78 is 25.2. The van der Waals surface area contributed by atoms with Crippen molar-refractivity contribution < 1.29 is 13.6 Å². The fourth-order valence-corrected chi connectivity index (χ4v) is 4.37. The van der Waals surface area contributed by atoms with Crippen LogP contribution in [0.2, 0.25) is 0 Å². The van der Waals surface area contributed by atoms with Gasteiger partial charge in [0.25, 0.3) is 6.43 Å². The molecule has 1 fully saturated rings. The molecule has 0 unspecified atom stereocenters. The summed E-state index contributed by atoms with van der Waals surface area (Å²) in [6, 6.07) is 3.54. The third kappa shape index (κ3) is 5.10. The van der Waals surface area contributed by atoms with E-state index in [0.717, 1.165) is 21.0 Å². The smallest absolute Gasteiger partial charge is 0.323 e. The molecule has 1 saturated heterocycles. The van der Waals surface area contributed by atoms with Crippen molar-refractivity contribution in [3.63, 3.8) is 0 Å². The van der Waals surface area contributed by atoms with E-state index in [-0.39, 0.29) is 18.6 Å². The second kappa shape index (κ2) is 9.15. The lowest BCUT2D eigenvalue weighted by Gasteiger charge is -2.36. The molecule has 1 aliphatic heterocycles. The number of nitrogens with one attached hydrogen (secondary N) is 1. The van der Waals surface area contributed by atoms with Gasteiger partial charge in [-0.15, -0.1) is 10.2 Å². The van der Waals surface area contributed by atoms with E-state index in [0.29, 0.717) is 37.3 Å². The van der Waals surface area contributed by atoms with E-state index in [1.54, 1.807) is 35.3 Å². The van der Waals surface area contributed by atoms with Crippen molar-refractivity contribution in [3.8, 4) is 10.6 Å². The molecule has 0 saturated carbocycles. The van der Waals surface area contributed by atoms with Crippen molar-refractivity contribution in [2.75, 3.05) is 32.0 Å². The van der Waals surface area contributed by atoms with Gasteiger partial charge in [0.1, 0.15) is 15.8 Å². The summed E-state index contributed by atoms with van der Waals surface area (Å²) in [5.74, 6) is 0.432. The van der Waals surface area contributed by atoms with Gasteiger partial charge in [-0.25, -0.2) is 18.6 Å². The highest BCUT2D eigenvalue weighted by Crippen LogP contribution is 2.26. The standard InChI is InChI=1S/C20H23F2N7OS/c1-12-26-27-19(31-12)14-7-13-8-18(24-10-16(13)23-9-14)25-20(30)29-5-3-15(4-6-29)28(2)11-17(21)22/h7-10,15,17H,3-6,11H2,1-2H3,(H,24,25,30). The zero-order valence-electron chi connectivity index (χ0n) is 17.3. The second-order valence-electron chi connectivity index (χ2n) is 7.59. The molecule has 3 aromatic heterocycles. The maximum atomic E-state index is 12.7. The van der Waals surface area contributed by atoms with Crippen LogP contribution < -0.4 is 5.32 Å². The molecule has 0 spiro atoms. The monoisotopic (exact) mass is 447 g/mol. The molecule has 164 valence electrons. The van der Waals surface area contributed by atoms with Crippen molar-refractivity contribution in [3.05, 3.63) is 29.5 Å². The number of fused-ring (bicyclic) bond motifs is 1. The first kappa shape index (κ1) is 21.4. The first-order valence-electron chi connectivity index (χ1n) is 9.99. The molecule has 1 N–H and O–H groups in total. The molecule has 1 aliphatic rings. The molecule has 0 atom stereocenters. The van der Waals surface area contributed by atoms with Crippen LogP contribution in [-0.2, 0) is 0 Å². The highest BCUT2D eigenvalue weighted by atomic mass is 32.1. The fraction of sp³-hybridized carbons (Fsp3) is 0.450. The van der Waals surface area contributed by atoms with Gasteiger partial charge < -0.3 is 4.90 Å². The first-order valence-corrected chi connectivity index (χ1v) is 10.8. The van der Waals surface area contributed by atoms with E-state index in [1.165, 1.54) is 11.3 Å². The van der Waals surface area contributed by atoms with Gasteiger partial charge in [0.15, 0.2) is 0 Å². The summed E-state index contributed by atoms with van der Waals surface area (Å²) in [4.78, 5) is 24.7. The van der Waals surface area contributed by atoms with E-state index in [1.807, 2.05) is 13.0 Å². The van der Waals surface area contributed by atoms with E-state index in [4.69, 9.17) is 0 Å². The quantitative estimate of drug-likeness (QED) is 0.643. The van der Waals surface area contributed by atoms with Crippen molar-refractivity contribution in [1.29, 1.82) is 0 Å². The van der Waals surface area contributed by atoms with Gasteiger partial charge >= 0.3 is 6.03 Å². The van der Waals surface area contributed by atoms with Gasteiger partial charge in [-0.2, -0.15) is 0 Å². The van der Waals surface area contributed by atoms with Crippen LogP contribution >= 0.6 is 11.3 Å². The minimum atomic E-state index is -2.35. The Kier molecular flexibility index (Phi) is 6.33. The molecule has 11 heteroatoms. The number of halogens is 2. The maximum Gasteiger partial charge on any atom is 0.323 e. The van der Waals surface area contributed by atoms with E-state index >= 15 is 0 Å². The van der Waals surface area contributed by atoms with Gasteiger partial charge in [-0.05, 0) is 38.9 Å². The minimum Gasteiger partial charge on any atom is -0.324 e. The van der Waals surface area contributed by atoms with Crippen LogP contribution in [0.3, 0.4) is 0 Å². The predicted molar refractivity (Wildman–Crippen MR) is 115 cm³/mol. The molecule has 0 bridgehead atoms. The Morgan fingerprint density at radius 2 is 2.03 bits per heavy atom. The molecule has 4 heterocycles. The zero-order chi connectivity index (χ0) is 22.0. The van der Waals surface area contributed by atoms with Crippen LogP contribution in [-0.4, -0.2) is 75.1 Å². The number of carbonyl (C=O) groups excluding carboxylic acids is 1. The van der Waals surface area contributed by atoms with Gasteiger partial charge in [0, 0.05) is 36.3 Å². The van der Waals surface area contributed by atoms with Crippen LogP contribution in [0.15, 0.2) is 24.5 Å². The number of likely N-dealkylation sites (tertiary alicyclic amines) is 1. The maximum absolute atomic E-state index is 12.7. The number of hydrogen-bond acceptors (Lipinski definition) is 7. The molecule has 4 rings (SSSR count). The summed E-state index contributed by atoms with van der Waals surface area (Å²) in [6.07, 6.45) is 2.33. The number of rotatable bonds is 5. The van der Waals surface area contributed by atoms with Crippen molar-refractivity contribution in [1.82, 2.24) is 30.0 Å². The largest absolute Gasteiger partial charge is 0.324 e. The molecule has 2 amide bonds. The molecule has 0 aliphatic carbocycles. The lowest BCUT2D eigenvalue weighted by atomic mass is 10.0. The highest BCUT2D eigenvalue weighted by molar-refractivity contribution is 7.14. The number of piperidine rings is 1. The number of urea groups is 1. The van der Waals surface area contributed by atoms with Gasteiger partial charge in [0.2, 0.25) is 0 Å². The molecule has 31 heavy (non-hydrogen) atoms. The third-order valence-corrected chi connectivity index (χ3v) is 6.26. The van der Waals surface area contributed by atoms with E-state index in [2.05, 4.69) is 25.5 Å². The Labute approximate surface area is 182 Å². The number of aromatic nitrogens is 4. The Morgan fingerprint density at radius 1 is 1.26 bits per heavy atom. The Bertz CT molecular complexity index is 1070. The zero-order valence-corrected chi connectivity index (χ0v) is 18.1. The minimum absolute atomic E-state index is 0.0605. The third-order valence-electron chi connectivity index (χ3n) is 5.38. The van der Waals surface area contributed by atoms with E-state index in [9.17, 15) is 13.6 Å². The molecule has 8 nitrogen and oxygen atoms in total. The Balaban J connectivity index is 1.41. The molecular weight excluding hydrogens is 424 g/mol. The summed E-state index contributed by atoms with van der Waals surface area (Å²) in [7, 11) is 1.71. The van der Waals surface area contributed by atoms with Crippen LogP contribution in [0, 0.1) is 6.92 Å². The number of pyridine rings is 2. The summed E-state index contributed by atoms with van der Waals surface area (Å²) in [6.45, 7) is 2.68. The summed E-state index contributed by atoms with van der Waals surface area (Å²) in [5.41, 5.74) is 1.57. The topological polar surface area (TPSA) is 87.1 Å².